The first-order chi connectivity index (χ1) is 4.42. The van der Waals surface area contributed by atoms with E-state index >= 15 is 0 Å². The van der Waals surface area contributed by atoms with Gasteiger partial charge in [0.25, 0.3) is 0 Å². The van der Waals surface area contributed by atoms with E-state index in [-0.39, 0.29) is 0 Å². The van der Waals surface area contributed by atoms with Crippen LogP contribution in [-0.4, -0.2) is 25.5 Å². The molecule has 0 N–H and O–H groups in total. The molecule has 1 saturated carbocycles. The van der Waals surface area contributed by atoms with Crippen LogP contribution < -0.4 is 0 Å². The van der Waals surface area contributed by atoms with Crippen LogP contribution in [0.3, 0.4) is 0 Å². The third kappa shape index (κ3) is 0.721. The molecule has 2 unspecified atom stereocenters. The van der Waals surface area contributed by atoms with Crippen molar-refractivity contribution >= 4 is 5.71 Å². The van der Waals surface area contributed by atoms with E-state index in [1.54, 1.807) is 7.11 Å². The summed E-state index contributed by atoms with van der Waals surface area (Å²) in [6.07, 6.45) is 1.57. The summed E-state index contributed by atoms with van der Waals surface area (Å²) in [4.78, 5) is 5.00. The van der Waals surface area contributed by atoms with Crippen molar-refractivity contribution in [3.63, 3.8) is 0 Å². The molecule has 0 saturated heterocycles. The minimum atomic E-state index is 0.412. The van der Waals surface area contributed by atoms with Gasteiger partial charge in [-0.25, -0.2) is 0 Å². The van der Waals surface area contributed by atoms with Crippen molar-refractivity contribution in [1.29, 1.82) is 0 Å². The van der Waals surface area contributed by atoms with Gasteiger partial charge in [0.2, 0.25) is 0 Å². The first-order valence-corrected chi connectivity index (χ1v) is 3.13. The van der Waals surface area contributed by atoms with Crippen molar-refractivity contribution in [2.75, 3.05) is 13.7 Å². The topological polar surface area (TPSA) is 30.8 Å². The van der Waals surface area contributed by atoms with Gasteiger partial charge in [0.1, 0.15) is 6.10 Å². The quantitative estimate of drug-likeness (QED) is 0.537. The van der Waals surface area contributed by atoms with Crippen molar-refractivity contribution in [2.24, 2.45) is 11.1 Å². The summed E-state index contributed by atoms with van der Waals surface area (Å²) in [5.41, 5.74) is 1.09. The van der Waals surface area contributed by atoms with Gasteiger partial charge in [-0.2, -0.15) is 0 Å². The number of rotatable bonds is 2. The van der Waals surface area contributed by atoms with E-state index in [0.29, 0.717) is 18.6 Å². The molecule has 2 aliphatic rings. The minimum absolute atomic E-state index is 0.412. The molecule has 0 radical (unpaired) electrons. The second-order valence-corrected chi connectivity index (χ2v) is 2.50. The van der Waals surface area contributed by atoms with Crippen LogP contribution in [0.2, 0.25) is 0 Å². The highest BCUT2D eigenvalue weighted by Crippen LogP contribution is 2.39. The second-order valence-electron chi connectivity index (χ2n) is 2.50. The zero-order valence-electron chi connectivity index (χ0n) is 5.33. The number of hydrogen-bond acceptors (Lipinski definition) is 3. The van der Waals surface area contributed by atoms with E-state index in [2.05, 4.69) is 5.16 Å². The average Bonchev–Trinajstić information content (AvgIpc) is 2.54. The van der Waals surface area contributed by atoms with E-state index in [1.165, 1.54) is 0 Å². The molecule has 0 bridgehead atoms. The Kier molecular flexibility index (Phi) is 0.990. The molecule has 2 rings (SSSR count). The molecular formula is C6H9NO2. The summed E-state index contributed by atoms with van der Waals surface area (Å²) in [6.45, 7) is 0.640. The number of methoxy groups -OCH3 is 1. The molecule has 3 heteroatoms. The van der Waals surface area contributed by atoms with Gasteiger partial charge in [0.05, 0.1) is 12.3 Å². The van der Waals surface area contributed by atoms with Gasteiger partial charge in [0, 0.05) is 13.0 Å². The summed E-state index contributed by atoms with van der Waals surface area (Å²) in [5.74, 6) is 0.602. The fourth-order valence-corrected chi connectivity index (χ4v) is 1.12. The lowest BCUT2D eigenvalue weighted by atomic mass is 10.3. The predicted octanol–water partition coefficient (Wildman–Crippen LogP) is 0.408. The molecule has 1 aliphatic heterocycles. The van der Waals surface area contributed by atoms with Gasteiger partial charge in [-0.15, -0.1) is 0 Å². The number of fused-ring (bicyclic) bond motifs is 1. The van der Waals surface area contributed by atoms with E-state index in [0.717, 1.165) is 12.1 Å². The molecule has 9 heavy (non-hydrogen) atoms. The van der Waals surface area contributed by atoms with Crippen molar-refractivity contribution < 1.29 is 9.57 Å². The SMILES string of the molecule is COCC1=NOC2CC12. The Morgan fingerprint density at radius 1 is 1.89 bits per heavy atom. The zero-order chi connectivity index (χ0) is 6.27. The van der Waals surface area contributed by atoms with Crippen LogP contribution in [0.4, 0.5) is 0 Å². The maximum Gasteiger partial charge on any atom is 0.136 e. The van der Waals surface area contributed by atoms with Gasteiger partial charge >= 0.3 is 0 Å². The molecule has 0 aromatic carbocycles. The smallest absolute Gasteiger partial charge is 0.136 e. The Hall–Kier alpha value is -0.570. The van der Waals surface area contributed by atoms with Crippen molar-refractivity contribution in [3.8, 4) is 0 Å². The van der Waals surface area contributed by atoms with Crippen LogP contribution >= 0.6 is 0 Å². The standard InChI is InChI=1S/C6H9NO2/c1-8-3-5-4-2-6(4)9-7-5/h4,6H,2-3H2,1H3. The van der Waals surface area contributed by atoms with Crippen molar-refractivity contribution in [3.05, 3.63) is 0 Å². The van der Waals surface area contributed by atoms with E-state index in [4.69, 9.17) is 9.57 Å². The molecule has 0 spiro atoms. The first kappa shape index (κ1) is 5.23. The van der Waals surface area contributed by atoms with Crippen LogP contribution in [0.25, 0.3) is 0 Å². The normalized spacial score (nSPS) is 37.2. The van der Waals surface area contributed by atoms with Crippen molar-refractivity contribution in [2.45, 2.75) is 12.5 Å². The van der Waals surface area contributed by atoms with Gasteiger partial charge in [-0.1, -0.05) is 5.16 Å². The van der Waals surface area contributed by atoms with E-state index in [9.17, 15) is 0 Å². The molecule has 1 fully saturated rings. The zero-order valence-corrected chi connectivity index (χ0v) is 5.33. The van der Waals surface area contributed by atoms with E-state index in [1.807, 2.05) is 0 Å². The van der Waals surface area contributed by atoms with Crippen molar-refractivity contribution in [1.82, 2.24) is 0 Å². The van der Waals surface area contributed by atoms with Crippen LogP contribution in [0.1, 0.15) is 6.42 Å². The summed E-state index contributed by atoms with van der Waals surface area (Å²) in [5, 5.41) is 3.85. The Labute approximate surface area is 53.6 Å². The number of hydrogen-bond donors (Lipinski definition) is 0. The maximum atomic E-state index is 5.00. The lowest BCUT2D eigenvalue weighted by Gasteiger charge is -1.94. The molecule has 2 atom stereocenters. The number of oxime groups is 1. The first-order valence-electron chi connectivity index (χ1n) is 3.13. The van der Waals surface area contributed by atoms with Gasteiger partial charge in [-0.05, 0) is 6.42 Å². The molecule has 1 aliphatic carbocycles. The van der Waals surface area contributed by atoms with Crippen LogP contribution in [-0.2, 0) is 9.57 Å². The minimum Gasteiger partial charge on any atom is -0.392 e. The molecule has 50 valence electrons. The summed E-state index contributed by atoms with van der Waals surface area (Å²) in [6, 6.07) is 0. The van der Waals surface area contributed by atoms with Crippen LogP contribution in [0.5, 0.6) is 0 Å². The highest BCUT2D eigenvalue weighted by molar-refractivity contribution is 5.91. The highest BCUT2D eigenvalue weighted by Gasteiger charge is 2.48. The Balaban J connectivity index is 1.96. The Bertz CT molecular complexity index is 155. The molecule has 0 aromatic rings. The summed E-state index contributed by atoms with van der Waals surface area (Å²) >= 11 is 0. The molecule has 0 aromatic heterocycles. The van der Waals surface area contributed by atoms with Gasteiger partial charge < -0.3 is 9.57 Å². The van der Waals surface area contributed by atoms with Crippen LogP contribution in [0.15, 0.2) is 5.16 Å². The lowest BCUT2D eigenvalue weighted by Crippen LogP contribution is -2.06. The average molecular weight is 127 g/mol. The van der Waals surface area contributed by atoms with E-state index < -0.39 is 0 Å². The Morgan fingerprint density at radius 2 is 2.78 bits per heavy atom. The largest absolute Gasteiger partial charge is 0.392 e. The second kappa shape index (κ2) is 1.70. The molecule has 3 nitrogen and oxygen atoms in total. The Morgan fingerprint density at radius 3 is 3.22 bits per heavy atom. The number of ether oxygens (including phenoxy) is 1. The fourth-order valence-electron chi connectivity index (χ4n) is 1.12. The van der Waals surface area contributed by atoms with Gasteiger partial charge in [-0.3, -0.25) is 0 Å². The fraction of sp³-hybridized carbons (Fsp3) is 0.833. The lowest BCUT2D eigenvalue weighted by molar-refractivity contribution is 0.139. The number of nitrogens with zero attached hydrogens (tertiary/aromatic N) is 1. The molecular weight excluding hydrogens is 118 g/mol. The van der Waals surface area contributed by atoms with Gasteiger partial charge in [0.15, 0.2) is 0 Å². The predicted molar refractivity (Wildman–Crippen MR) is 32.3 cm³/mol. The maximum absolute atomic E-state index is 5.00. The summed E-state index contributed by atoms with van der Waals surface area (Å²) < 4.78 is 4.91. The molecule has 0 amide bonds. The third-order valence-electron chi connectivity index (χ3n) is 1.76. The van der Waals surface area contributed by atoms with Crippen LogP contribution in [0, 0.1) is 5.92 Å². The highest BCUT2D eigenvalue weighted by atomic mass is 16.7. The molecule has 1 heterocycles. The summed E-state index contributed by atoms with van der Waals surface area (Å²) in [7, 11) is 1.68. The third-order valence-corrected chi connectivity index (χ3v) is 1.76. The monoisotopic (exact) mass is 127 g/mol.